The van der Waals surface area contributed by atoms with Crippen LogP contribution in [0.15, 0.2) is 158 Å². The van der Waals surface area contributed by atoms with Crippen LogP contribution in [0.25, 0.3) is 77.0 Å². The number of benzene rings is 7. The van der Waals surface area contributed by atoms with Crippen molar-refractivity contribution in [2.45, 2.75) is 6.92 Å². The summed E-state index contributed by atoms with van der Waals surface area (Å²) < 4.78 is 0. The molecule has 0 aliphatic carbocycles. The molecule has 0 amide bonds. The molecule has 43 heavy (non-hydrogen) atoms. The van der Waals surface area contributed by atoms with Crippen LogP contribution in [0, 0.1) is 6.92 Å². The normalized spacial score (nSPS) is 11.4. The van der Waals surface area contributed by atoms with E-state index in [-0.39, 0.29) is 0 Å². The highest BCUT2D eigenvalue weighted by atomic mass is 14.7. The van der Waals surface area contributed by atoms with Gasteiger partial charge in [-0.05, 0) is 96.9 Å². The standard InChI is InChI=1S/C42H29N/c1-28-10-8-19-40(43-28)31-23-20-30(21-24-31)33-13-9-14-34(26-33)41-36-15-4-6-17-38(36)42(39-18-7-5-16-37(39)41)35-25-22-29-11-2-3-12-32(29)27-35/h2-27H,1H3. The maximum Gasteiger partial charge on any atom is 0.0705 e. The highest BCUT2D eigenvalue weighted by Gasteiger charge is 2.17. The van der Waals surface area contributed by atoms with Crippen LogP contribution in [0.1, 0.15) is 5.69 Å². The number of nitrogens with zero attached hydrogens (tertiary/aromatic N) is 1. The fourth-order valence-electron chi connectivity index (χ4n) is 6.49. The third-order valence-corrected chi connectivity index (χ3v) is 8.52. The first-order valence-corrected chi connectivity index (χ1v) is 14.8. The Morgan fingerprint density at radius 3 is 1.51 bits per heavy atom. The summed E-state index contributed by atoms with van der Waals surface area (Å²) in [5, 5.41) is 7.59. The molecule has 8 rings (SSSR count). The number of aromatic nitrogens is 1. The van der Waals surface area contributed by atoms with Gasteiger partial charge in [0.2, 0.25) is 0 Å². The summed E-state index contributed by atoms with van der Waals surface area (Å²) in [7, 11) is 0. The van der Waals surface area contributed by atoms with Crippen molar-refractivity contribution in [2.75, 3.05) is 0 Å². The number of aryl methyl sites for hydroxylation is 1. The van der Waals surface area contributed by atoms with E-state index in [0.717, 1.165) is 17.0 Å². The number of hydrogen-bond donors (Lipinski definition) is 0. The molecule has 0 bridgehead atoms. The summed E-state index contributed by atoms with van der Waals surface area (Å²) in [4.78, 5) is 4.70. The maximum atomic E-state index is 4.70. The van der Waals surface area contributed by atoms with Crippen LogP contribution >= 0.6 is 0 Å². The molecule has 0 saturated carbocycles. The van der Waals surface area contributed by atoms with E-state index in [2.05, 4.69) is 152 Å². The molecule has 1 aromatic heterocycles. The third-order valence-electron chi connectivity index (χ3n) is 8.52. The second-order valence-corrected chi connectivity index (χ2v) is 11.2. The fraction of sp³-hybridized carbons (Fsp3) is 0.0238. The molecule has 1 nitrogen and oxygen atoms in total. The van der Waals surface area contributed by atoms with E-state index in [4.69, 9.17) is 4.98 Å². The molecule has 0 N–H and O–H groups in total. The molecule has 0 aliphatic heterocycles. The van der Waals surface area contributed by atoms with E-state index in [0.29, 0.717) is 0 Å². The smallest absolute Gasteiger partial charge is 0.0705 e. The van der Waals surface area contributed by atoms with Gasteiger partial charge in [0.1, 0.15) is 0 Å². The van der Waals surface area contributed by atoms with Gasteiger partial charge in [0.05, 0.1) is 5.69 Å². The first-order valence-electron chi connectivity index (χ1n) is 14.8. The minimum absolute atomic E-state index is 1.00. The fourth-order valence-corrected chi connectivity index (χ4v) is 6.49. The van der Waals surface area contributed by atoms with Crippen LogP contribution in [-0.4, -0.2) is 4.98 Å². The Morgan fingerprint density at radius 2 is 0.860 bits per heavy atom. The van der Waals surface area contributed by atoms with Crippen LogP contribution in [-0.2, 0) is 0 Å². The predicted molar refractivity (Wildman–Crippen MR) is 183 cm³/mol. The van der Waals surface area contributed by atoms with Crippen molar-refractivity contribution in [3.05, 3.63) is 163 Å². The van der Waals surface area contributed by atoms with Gasteiger partial charge in [-0.25, -0.2) is 0 Å². The number of fused-ring (bicyclic) bond motifs is 3. The zero-order valence-corrected chi connectivity index (χ0v) is 24.0. The van der Waals surface area contributed by atoms with E-state index >= 15 is 0 Å². The number of pyridine rings is 1. The summed E-state index contributed by atoms with van der Waals surface area (Å²) in [5.41, 5.74) is 10.6. The Kier molecular flexibility index (Phi) is 6.09. The van der Waals surface area contributed by atoms with E-state index in [1.165, 1.54) is 65.7 Å². The van der Waals surface area contributed by atoms with Crippen molar-refractivity contribution in [1.29, 1.82) is 0 Å². The summed E-state index contributed by atoms with van der Waals surface area (Å²) >= 11 is 0. The molecule has 0 fully saturated rings. The molecule has 0 unspecified atom stereocenters. The van der Waals surface area contributed by atoms with Gasteiger partial charge in [-0.15, -0.1) is 0 Å². The molecule has 8 aromatic rings. The van der Waals surface area contributed by atoms with Crippen LogP contribution in [0.3, 0.4) is 0 Å². The Hall–Kier alpha value is -5.53. The van der Waals surface area contributed by atoms with Crippen LogP contribution in [0.4, 0.5) is 0 Å². The van der Waals surface area contributed by atoms with Crippen molar-refractivity contribution in [2.24, 2.45) is 0 Å². The van der Waals surface area contributed by atoms with Crippen LogP contribution in [0.5, 0.6) is 0 Å². The van der Waals surface area contributed by atoms with Crippen molar-refractivity contribution >= 4 is 32.3 Å². The van der Waals surface area contributed by atoms with Crippen LogP contribution < -0.4 is 0 Å². The lowest BCUT2D eigenvalue weighted by atomic mass is 9.85. The van der Waals surface area contributed by atoms with Crippen molar-refractivity contribution in [3.63, 3.8) is 0 Å². The number of rotatable bonds is 4. The first-order chi connectivity index (χ1) is 21.2. The summed E-state index contributed by atoms with van der Waals surface area (Å²) in [6.45, 7) is 2.03. The predicted octanol–water partition coefficient (Wildman–Crippen LogP) is 11.5. The lowest BCUT2D eigenvalue weighted by Gasteiger charge is -2.18. The van der Waals surface area contributed by atoms with Gasteiger partial charge in [0, 0.05) is 11.3 Å². The monoisotopic (exact) mass is 547 g/mol. The number of hydrogen-bond acceptors (Lipinski definition) is 1. The van der Waals surface area contributed by atoms with Gasteiger partial charge in [0.25, 0.3) is 0 Å². The van der Waals surface area contributed by atoms with E-state index in [1.807, 2.05) is 13.0 Å². The molecular weight excluding hydrogens is 518 g/mol. The van der Waals surface area contributed by atoms with Gasteiger partial charge in [-0.3, -0.25) is 4.98 Å². The molecular formula is C42H29N. The van der Waals surface area contributed by atoms with Crippen molar-refractivity contribution in [3.8, 4) is 44.6 Å². The molecule has 0 radical (unpaired) electrons. The average molecular weight is 548 g/mol. The molecule has 7 aromatic carbocycles. The van der Waals surface area contributed by atoms with E-state index in [9.17, 15) is 0 Å². The Labute approximate surface area is 251 Å². The SMILES string of the molecule is Cc1cccc(-c2ccc(-c3cccc(-c4c5ccccc5c(-c5ccc6ccccc6c5)c5ccccc45)c3)cc2)n1. The molecule has 0 atom stereocenters. The first kappa shape index (κ1) is 25.2. The Morgan fingerprint density at radius 1 is 0.349 bits per heavy atom. The summed E-state index contributed by atoms with van der Waals surface area (Å²) in [6, 6.07) is 57.1. The molecule has 1 heteroatoms. The second kappa shape index (κ2) is 10.4. The van der Waals surface area contributed by atoms with Crippen molar-refractivity contribution in [1.82, 2.24) is 4.98 Å². The van der Waals surface area contributed by atoms with Crippen molar-refractivity contribution < 1.29 is 0 Å². The van der Waals surface area contributed by atoms with Crippen LogP contribution in [0.2, 0.25) is 0 Å². The topological polar surface area (TPSA) is 12.9 Å². The third kappa shape index (κ3) is 4.47. The maximum absolute atomic E-state index is 4.70. The molecule has 202 valence electrons. The lowest BCUT2D eigenvalue weighted by molar-refractivity contribution is 1.21. The molecule has 0 spiro atoms. The zero-order chi connectivity index (χ0) is 28.8. The Bertz CT molecular complexity index is 2240. The summed E-state index contributed by atoms with van der Waals surface area (Å²) in [5.74, 6) is 0. The van der Waals surface area contributed by atoms with Gasteiger partial charge in [0.15, 0.2) is 0 Å². The minimum Gasteiger partial charge on any atom is -0.253 e. The Balaban J connectivity index is 1.30. The molecule has 0 saturated heterocycles. The van der Waals surface area contributed by atoms with Gasteiger partial charge >= 0.3 is 0 Å². The zero-order valence-electron chi connectivity index (χ0n) is 24.0. The molecule has 1 heterocycles. The van der Waals surface area contributed by atoms with Gasteiger partial charge in [-0.1, -0.05) is 133 Å². The van der Waals surface area contributed by atoms with Gasteiger partial charge < -0.3 is 0 Å². The van der Waals surface area contributed by atoms with E-state index < -0.39 is 0 Å². The summed E-state index contributed by atoms with van der Waals surface area (Å²) in [6.07, 6.45) is 0. The highest BCUT2D eigenvalue weighted by molar-refractivity contribution is 6.21. The minimum atomic E-state index is 1.00. The van der Waals surface area contributed by atoms with E-state index in [1.54, 1.807) is 0 Å². The second-order valence-electron chi connectivity index (χ2n) is 11.2. The van der Waals surface area contributed by atoms with Gasteiger partial charge in [-0.2, -0.15) is 0 Å². The lowest BCUT2D eigenvalue weighted by Crippen LogP contribution is -1.91. The average Bonchev–Trinajstić information content (AvgIpc) is 3.07. The molecule has 0 aliphatic rings. The quantitative estimate of drug-likeness (QED) is 0.200. The largest absolute Gasteiger partial charge is 0.253 e. The highest BCUT2D eigenvalue weighted by Crippen LogP contribution is 2.44.